The number of aryl methyl sites for hydroxylation is 1. The molecule has 1 aromatic carbocycles. The summed E-state index contributed by atoms with van der Waals surface area (Å²) in [6.07, 6.45) is 0.00993. The monoisotopic (exact) mass is 232 g/mol. The Balaban J connectivity index is 2.64. The molecule has 0 aromatic heterocycles. The molecule has 0 aliphatic carbocycles. The van der Waals surface area contributed by atoms with Crippen molar-refractivity contribution in [3.63, 3.8) is 0 Å². The maximum Gasteiger partial charge on any atom is 0.261 e. The van der Waals surface area contributed by atoms with Gasteiger partial charge >= 0.3 is 0 Å². The summed E-state index contributed by atoms with van der Waals surface area (Å²) in [6, 6.07) is 9.39. The molecule has 0 saturated carbocycles. The van der Waals surface area contributed by atoms with Crippen molar-refractivity contribution in [2.75, 3.05) is 6.54 Å². The van der Waals surface area contributed by atoms with Gasteiger partial charge in [-0.05, 0) is 31.0 Å². The van der Waals surface area contributed by atoms with Crippen molar-refractivity contribution in [2.24, 2.45) is 0 Å². The molecule has 17 heavy (non-hydrogen) atoms. The van der Waals surface area contributed by atoms with E-state index in [0.29, 0.717) is 12.2 Å². The standard InChI is InChI=1S/C13H16N2O2/c1-3-12(13(16)15-8-7-14)17-11-6-4-5-10(2)9-11/h4-6,9,12H,3,8H2,1-2H3,(H,15,16). The molecular formula is C13H16N2O2. The van der Waals surface area contributed by atoms with Crippen molar-refractivity contribution in [2.45, 2.75) is 26.4 Å². The van der Waals surface area contributed by atoms with Crippen LogP contribution in [0.4, 0.5) is 0 Å². The summed E-state index contributed by atoms with van der Waals surface area (Å²) < 4.78 is 5.58. The number of carbonyl (C=O) groups excluding carboxylic acids is 1. The van der Waals surface area contributed by atoms with Crippen LogP contribution in [0.25, 0.3) is 0 Å². The van der Waals surface area contributed by atoms with Crippen molar-refractivity contribution in [3.05, 3.63) is 29.8 Å². The van der Waals surface area contributed by atoms with Gasteiger partial charge in [0.05, 0.1) is 6.07 Å². The normalized spacial score (nSPS) is 11.4. The molecule has 4 heteroatoms. The average Bonchev–Trinajstić information content (AvgIpc) is 2.33. The third-order valence-corrected chi connectivity index (χ3v) is 2.27. The molecule has 1 rings (SSSR count). The zero-order valence-electron chi connectivity index (χ0n) is 10.1. The fourth-order valence-electron chi connectivity index (χ4n) is 1.42. The average molecular weight is 232 g/mol. The number of benzene rings is 1. The summed E-state index contributed by atoms with van der Waals surface area (Å²) in [7, 11) is 0. The highest BCUT2D eigenvalue weighted by atomic mass is 16.5. The molecule has 90 valence electrons. The Morgan fingerprint density at radius 3 is 2.94 bits per heavy atom. The van der Waals surface area contributed by atoms with E-state index < -0.39 is 6.10 Å². The zero-order chi connectivity index (χ0) is 12.7. The first-order valence-corrected chi connectivity index (χ1v) is 5.55. The quantitative estimate of drug-likeness (QED) is 0.787. The molecule has 1 aromatic rings. The van der Waals surface area contributed by atoms with E-state index in [1.165, 1.54) is 0 Å². The minimum atomic E-state index is -0.551. The first kappa shape index (κ1) is 13.0. The number of amides is 1. The topological polar surface area (TPSA) is 62.1 Å². The Labute approximate surface area is 101 Å². The lowest BCUT2D eigenvalue weighted by Crippen LogP contribution is -2.38. The van der Waals surface area contributed by atoms with Crippen molar-refractivity contribution in [1.29, 1.82) is 5.26 Å². The molecule has 0 radical (unpaired) electrons. The van der Waals surface area contributed by atoms with Crippen LogP contribution < -0.4 is 10.1 Å². The van der Waals surface area contributed by atoms with Crippen LogP contribution in [0, 0.1) is 18.3 Å². The summed E-state index contributed by atoms with van der Waals surface area (Å²) in [5.74, 6) is 0.416. The largest absolute Gasteiger partial charge is 0.481 e. The van der Waals surface area contributed by atoms with E-state index in [9.17, 15) is 4.79 Å². The van der Waals surface area contributed by atoms with Gasteiger partial charge < -0.3 is 10.1 Å². The van der Waals surface area contributed by atoms with Gasteiger partial charge in [0.15, 0.2) is 6.10 Å². The van der Waals surface area contributed by atoms with E-state index in [4.69, 9.17) is 10.00 Å². The number of rotatable bonds is 5. The van der Waals surface area contributed by atoms with Gasteiger partial charge in [0.25, 0.3) is 5.91 Å². The Morgan fingerprint density at radius 1 is 1.59 bits per heavy atom. The van der Waals surface area contributed by atoms with Crippen LogP contribution in [0.5, 0.6) is 5.75 Å². The Hall–Kier alpha value is -2.02. The lowest BCUT2D eigenvalue weighted by atomic mass is 10.2. The molecular weight excluding hydrogens is 216 g/mol. The fraction of sp³-hybridized carbons (Fsp3) is 0.385. The molecule has 0 aliphatic heterocycles. The maximum absolute atomic E-state index is 11.6. The molecule has 1 atom stereocenters. The van der Waals surface area contributed by atoms with Gasteiger partial charge in [0.2, 0.25) is 0 Å². The number of hydrogen-bond acceptors (Lipinski definition) is 3. The minimum absolute atomic E-state index is 0.00646. The van der Waals surface area contributed by atoms with E-state index in [2.05, 4.69) is 5.32 Å². The van der Waals surface area contributed by atoms with Gasteiger partial charge in [0.1, 0.15) is 12.3 Å². The van der Waals surface area contributed by atoms with Crippen LogP contribution in [0.2, 0.25) is 0 Å². The predicted octanol–water partition coefficient (Wildman–Crippen LogP) is 1.79. The van der Waals surface area contributed by atoms with E-state index in [1.807, 2.05) is 44.2 Å². The van der Waals surface area contributed by atoms with Crippen molar-refractivity contribution < 1.29 is 9.53 Å². The van der Waals surface area contributed by atoms with E-state index in [-0.39, 0.29) is 12.5 Å². The van der Waals surface area contributed by atoms with Gasteiger partial charge in [-0.2, -0.15) is 5.26 Å². The van der Waals surface area contributed by atoms with Gasteiger partial charge in [-0.25, -0.2) is 0 Å². The van der Waals surface area contributed by atoms with Crippen molar-refractivity contribution in [3.8, 4) is 11.8 Å². The number of carbonyl (C=O) groups is 1. The number of hydrogen-bond donors (Lipinski definition) is 1. The number of nitriles is 1. The highest BCUT2D eigenvalue weighted by Gasteiger charge is 2.17. The van der Waals surface area contributed by atoms with E-state index in [0.717, 1.165) is 5.56 Å². The Kier molecular flexibility index (Phi) is 5.02. The SMILES string of the molecule is CCC(Oc1cccc(C)c1)C(=O)NCC#N. The number of nitrogens with zero attached hydrogens (tertiary/aromatic N) is 1. The van der Waals surface area contributed by atoms with Crippen LogP contribution in [0.1, 0.15) is 18.9 Å². The highest BCUT2D eigenvalue weighted by Crippen LogP contribution is 2.15. The molecule has 1 N–H and O–H groups in total. The summed E-state index contributed by atoms with van der Waals surface area (Å²) in [4.78, 5) is 11.6. The lowest BCUT2D eigenvalue weighted by Gasteiger charge is -2.16. The molecule has 1 amide bonds. The molecule has 0 spiro atoms. The van der Waals surface area contributed by atoms with Crippen LogP contribution in [0.15, 0.2) is 24.3 Å². The van der Waals surface area contributed by atoms with Crippen LogP contribution in [-0.2, 0) is 4.79 Å². The van der Waals surface area contributed by atoms with Crippen molar-refractivity contribution >= 4 is 5.91 Å². The van der Waals surface area contributed by atoms with Crippen molar-refractivity contribution in [1.82, 2.24) is 5.32 Å². The zero-order valence-corrected chi connectivity index (χ0v) is 10.1. The van der Waals surface area contributed by atoms with Gasteiger partial charge in [0, 0.05) is 0 Å². The first-order valence-electron chi connectivity index (χ1n) is 5.55. The molecule has 0 fully saturated rings. The summed E-state index contributed by atoms with van der Waals surface area (Å²) in [5, 5.41) is 10.9. The molecule has 0 bridgehead atoms. The summed E-state index contributed by atoms with van der Waals surface area (Å²) in [6.45, 7) is 3.84. The molecule has 0 heterocycles. The second-order valence-corrected chi connectivity index (χ2v) is 3.71. The highest BCUT2D eigenvalue weighted by molar-refractivity contribution is 5.81. The Morgan fingerprint density at radius 2 is 2.35 bits per heavy atom. The molecule has 1 unspecified atom stereocenters. The molecule has 0 saturated heterocycles. The Bertz CT molecular complexity index is 424. The van der Waals surface area contributed by atoms with E-state index >= 15 is 0 Å². The minimum Gasteiger partial charge on any atom is -0.481 e. The van der Waals surface area contributed by atoms with Gasteiger partial charge in [-0.1, -0.05) is 19.1 Å². The first-order chi connectivity index (χ1) is 8.17. The second-order valence-electron chi connectivity index (χ2n) is 3.71. The van der Waals surface area contributed by atoms with Gasteiger partial charge in [-0.15, -0.1) is 0 Å². The summed E-state index contributed by atoms with van der Waals surface area (Å²) >= 11 is 0. The van der Waals surface area contributed by atoms with Crippen LogP contribution >= 0.6 is 0 Å². The third kappa shape index (κ3) is 4.15. The lowest BCUT2D eigenvalue weighted by molar-refractivity contribution is -0.127. The summed E-state index contributed by atoms with van der Waals surface area (Å²) in [5.41, 5.74) is 1.08. The van der Waals surface area contributed by atoms with Crippen LogP contribution in [0.3, 0.4) is 0 Å². The fourth-order valence-corrected chi connectivity index (χ4v) is 1.42. The van der Waals surface area contributed by atoms with Gasteiger partial charge in [-0.3, -0.25) is 4.79 Å². The maximum atomic E-state index is 11.6. The number of ether oxygens (including phenoxy) is 1. The second kappa shape index (κ2) is 6.54. The van der Waals surface area contributed by atoms with Crippen LogP contribution in [-0.4, -0.2) is 18.6 Å². The predicted molar refractivity (Wildman–Crippen MR) is 64.5 cm³/mol. The number of nitrogens with one attached hydrogen (secondary N) is 1. The third-order valence-electron chi connectivity index (χ3n) is 2.27. The van der Waals surface area contributed by atoms with E-state index in [1.54, 1.807) is 0 Å². The smallest absolute Gasteiger partial charge is 0.261 e. The molecule has 4 nitrogen and oxygen atoms in total. The molecule has 0 aliphatic rings.